The van der Waals surface area contributed by atoms with Gasteiger partial charge in [0.2, 0.25) is 16.0 Å². The Bertz CT molecular complexity index is 1200. The maximum absolute atomic E-state index is 11.4. The Balaban J connectivity index is 1.49. The standard InChI is InChI=1S/C19H21Cl2N7O2S/c1-31(29,30)28-12-4-2-11(3-5-12)26-19-22-9-16-17(27-19)18(24-10-23-16)25-13-6-7-14(20)15(21)8-13/h6-12,28H,2-5H2,1H3,(H,22,26,27)(H,23,24,25). The van der Waals surface area contributed by atoms with Crippen molar-refractivity contribution >= 4 is 61.7 Å². The van der Waals surface area contributed by atoms with Crippen LogP contribution in [0.15, 0.2) is 30.7 Å². The van der Waals surface area contributed by atoms with E-state index in [4.69, 9.17) is 23.2 Å². The predicted octanol–water partition coefficient (Wildman–Crippen LogP) is 3.74. The maximum Gasteiger partial charge on any atom is 0.223 e. The van der Waals surface area contributed by atoms with Crippen LogP contribution in [-0.4, -0.2) is 46.7 Å². The largest absolute Gasteiger partial charge is 0.351 e. The number of benzene rings is 1. The van der Waals surface area contributed by atoms with Gasteiger partial charge >= 0.3 is 0 Å². The Kier molecular flexibility index (Phi) is 6.42. The molecule has 0 radical (unpaired) electrons. The smallest absolute Gasteiger partial charge is 0.223 e. The fourth-order valence-corrected chi connectivity index (χ4v) is 4.71. The molecule has 4 rings (SSSR count). The van der Waals surface area contributed by atoms with Crippen molar-refractivity contribution in [1.82, 2.24) is 24.7 Å². The van der Waals surface area contributed by atoms with Gasteiger partial charge in [0.05, 0.1) is 22.5 Å². The Labute approximate surface area is 190 Å². The molecule has 1 aromatic carbocycles. The summed E-state index contributed by atoms with van der Waals surface area (Å²) >= 11 is 12.1. The number of fused-ring (bicyclic) bond motifs is 1. The molecule has 2 aromatic heterocycles. The van der Waals surface area contributed by atoms with Crippen molar-refractivity contribution in [2.45, 2.75) is 37.8 Å². The number of aromatic nitrogens is 4. The number of rotatable bonds is 6. The number of anilines is 3. The highest BCUT2D eigenvalue weighted by Crippen LogP contribution is 2.28. The molecule has 3 N–H and O–H groups in total. The Morgan fingerprint density at radius 3 is 2.45 bits per heavy atom. The topological polar surface area (TPSA) is 122 Å². The van der Waals surface area contributed by atoms with E-state index in [9.17, 15) is 8.42 Å². The van der Waals surface area contributed by atoms with Crippen LogP contribution in [0.1, 0.15) is 25.7 Å². The molecule has 3 aromatic rings. The monoisotopic (exact) mass is 481 g/mol. The van der Waals surface area contributed by atoms with Crippen molar-refractivity contribution in [1.29, 1.82) is 0 Å². The highest BCUT2D eigenvalue weighted by atomic mass is 35.5. The predicted molar refractivity (Wildman–Crippen MR) is 123 cm³/mol. The third-order valence-electron chi connectivity index (χ3n) is 5.00. The molecule has 12 heteroatoms. The molecular weight excluding hydrogens is 461 g/mol. The zero-order valence-corrected chi connectivity index (χ0v) is 19.0. The van der Waals surface area contributed by atoms with E-state index in [1.165, 1.54) is 12.6 Å². The van der Waals surface area contributed by atoms with Crippen LogP contribution in [0.3, 0.4) is 0 Å². The molecule has 1 aliphatic carbocycles. The van der Waals surface area contributed by atoms with E-state index >= 15 is 0 Å². The first-order chi connectivity index (χ1) is 14.8. The first-order valence-corrected chi connectivity index (χ1v) is 12.4. The first-order valence-electron chi connectivity index (χ1n) is 9.70. The average molecular weight is 482 g/mol. The molecule has 0 saturated heterocycles. The number of nitrogens with zero attached hydrogens (tertiary/aromatic N) is 4. The first kappa shape index (κ1) is 21.9. The molecule has 1 saturated carbocycles. The Hall–Kier alpha value is -2.27. The molecule has 31 heavy (non-hydrogen) atoms. The van der Waals surface area contributed by atoms with Crippen molar-refractivity contribution in [3.8, 4) is 0 Å². The summed E-state index contributed by atoms with van der Waals surface area (Å²) in [5.74, 6) is 0.994. The van der Waals surface area contributed by atoms with Crippen LogP contribution in [0.5, 0.6) is 0 Å². The zero-order chi connectivity index (χ0) is 22.0. The summed E-state index contributed by atoms with van der Waals surface area (Å²) in [6.45, 7) is 0. The molecule has 0 spiro atoms. The van der Waals surface area contributed by atoms with Gasteiger partial charge in [0.15, 0.2) is 5.82 Å². The third-order valence-corrected chi connectivity index (χ3v) is 6.50. The van der Waals surface area contributed by atoms with Crippen LogP contribution in [0, 0.1) is 0 Å². The van der Waals surface area contributed by atoms with Gasteiger partial charge in [-0.3, -0.25) is 0 Å². The maximum atomic E-state index is 11.4. The summed E-state index contributed by atoms with van der Waals surface area (Å²) in [6, 6.07) is 5.34. The van der Waals surface area contributed by atoms with E-state index in [1.807, 2.05) is 0 Å². The number of nitrogens with one attached hydrogen (secondary N) is 3. The van der Waals surface area contributed by atoms with Crippen LogP contribution in [0.4, 0.5) is 17.5 Å². The van der Waals surface area contributed by atoms with Crippen LogP contribution in [0.2, 0.25) is 10.0 Å². The molecule has 0 unspecified atom stereocenters. The molecule has 9 nitrogen and oxygen atoms in total. The molecule has 0 aliphatic heterocycles. The second-order valence-electron chi connectivity index (χ2n) is 7.49. The van der Waals surface area contributed by atoms with Crippen LogP contribution in [-0.2, 0) is 10.0 Å². The van der Waals surface area contributed by atoms with E-state index in [1.54, 1.807) is 24.4 Å². The Morgan fingerprint density at radius 1 is 1.00 bits per heavy atom. The van der Waals surface area contributed by atoms with Crippen molar-refractivity contribution in [3.63, 3.8) is 0 Å². The van der Waals surface area contributed by atoms with Crippen molar-refractivity contribution in [2.75, 3.05) is 16.9 Å². The summed E-state index contributed by atoms with van der Waals surface area (Å²) in [7, 11) is -3.19. The molecule has 1 fully saturated rings. The fraction of sp³-hybridized carbons (Fsp3) is 0.368. The molecule has 2 heterocycles. The van der Waals surface area contributed by atoms with E-state index in [2.05, 4.69) is 35.3 Å². The minimum Gasteiger partial charge on any atom is -0.351 e. The van der Waals surface area contributed by atoms with Crippen LogP contribution >= 0.6 is 23.2 Å². The van der Waals surface area contributed by atoms with E-state index < -0.39 is 10.0 Å². The van der Waals surface area contributed by atoms with Gasteiger partial charge < -0.3 is 10.6 Å². The lowest BCUT2D eigenvalue weighted by Crippen LogP contribution is -2.39. The number of halogens is 2. The van der Waals surface area contributed by atoms with E-state index in [0.29, 0.717) is 32.8 Å². The normalized spacial score (nSPS) is 19.3. The van der Waals surface area contributed by atoms with Gasteiger partial charge in [0.25, 0.3) is 0 Å². The third kappa shape index (κ3) is 5.70. The quantitative estimate of drug-likeness (QED) is 0.486. The van der Waals surface area contributed by atoms with Crippen molar-refractivity contribution in [3.05, 3.63) is 40.8 Å². The number of sulfonamides is 1. The minimum atomic E-state index is -3.19. The van der Waals surface area contributed by atoms with Gasteiger partial charge in [0.1, 0.15) is 17.4 Å². The van der Waals surface area contributed by atoms with Gasteiger partial charge in [0, 0.05) is 17.8 Å². The van der Waals surface area contributed by atoms with Crippen molar-refractivity contribution < 1.29 is 8.42 Å². The molecule has 0 bridgehead atoms. The zero-order valence-electron chi connectivity index (χ0n) is 16.6. The number of hydrogen-bond donors (Lipinski definition) is 3. The number of hydrogen-bond acceptors (Lipinski definition) is 8. The lowest BCUT2D eigenvalue weighted by molar-refractivity contribution is 0.387. The average Bonchev–Trinajstić information content (AvgIpc) is 2.72. The summed E-state index contributed by atoms with van der Waals surface area (Å²) in [6.07, 6.45) is 7.41. The minimum absolute atomic E-state index is 0.0269. The van der Waals surface area contributed by atoms with Gasteiger partial charge in [-0.05, 0) is 43.9 Å². The second kappa shape index (κ2) is 9.07. The fourth-order valence-electron chi connectivity index (χ4n) is 3.57. The van der Waals surface area contributed by atoms with Crippen LogP contribution in [0.25, 0.3) is 11.0 Å². The highest BCUT2D eigenvalue weighted by Gasteiger charge is 2.23. The Morgan fingerprint density at radius 2 is 1.74 bits per heavy atom. The summed E-state index contributed by atoms with van der Waals surface area (Å²) in [4.78, 5) is 17.5. The van der Waals surface area contributed by atoms with Gasteiger partial charge in [-0.1, -0.05) is 23.2 Å². The molecule has 164 valence electrons. The lowest BCUT2D eigenvalue weighted by atomic mass is 9.92. The highest BCUT2D eigenvalue weighted by molar-refractivity contribution is 7.88. The lowest BCUT2D eigenvalue weighted by Gasteiger charge is -2.29. The van der Waals surface area contributed by atoms with Gasteiger partial charge in [-0.25, -0.2) is 33.1 Å². The summed E-state index contributed by atoms with van der Waals surface area (Å²) < 4.78 is 25.5. The van der Waals surface area contributed by atoms with Crippen molar-refractivity contribution in [2.24, 2.45) is 0 Å². The summed E-state index contributed by atoms with van der Waals surface area (Å²) in [5.41, 5.74) is 1.89. The van der Waals surface area contributed by atoms with Crippen LogP contribution < -0.4 is 15.4 Å². The van der Waals surface area contributed by atoms with Gasteiger partial charge in [-0.2, -0.15) is 0 Å². The van der Waals surface area contributed by atoms with E-state index in [0.717, 1.165) is 31.4 Å². The molecule has 0 amide bonds. The summed E-state index contributed by atoms with van der Waals surface area (Å²) in [5, 5.41) is 7.44. The second-order valence-corrected chi connectivity index (χ2v) is 10.1. The molecule has 0 atom stereocenters. The molecular formula is C19H21Cl2N7O2S. The van der Waals surface area contributed by atoms with E-state index in [-0.39, 0.29) is 12.1 Å². The molecule has 1 aliphatic rings. The SMILES string of the molecule is CS(=O)(=O)NC1CCC(Nc2ncc3ncnc(Nc4ccc(Cl)c(Cl)c4)c3n2)CC1. The van der Waals surface area contributed by atoms with Gasteiger partial charge in [-0.15, -0.1) is 0 Å².